The lowest BCUT2D eigenvalue weighted by Crippen LogP contribution is -2.28. The van der Waals surface area contributed by atoms with Gasteiger partial charge in [0.2, 0.25) is 0 Å². The van der Waals surface area contributed by atoms with E-state index in [1.54, 1.807) is 0 Å². The van der Waals surface area contributed by atoms with Gasteiger partial charge in [0.25, 0.3) is 0 Å². The summed E-state index contributed by atoms with van der Waals surface area (Å²) >= 11 is 0. The SMILES string of the molecule is CC1CCC(C(C)(C)CCC#N)C1=O. The second-order valence-electron chi connectivity index (χ2n) is 5.08. The minimum Gasteiger partial charge on any atom is -0.299 e. The van der Waals surface area contributed by atoms with Crippen molar-refractivity contribution >= 4 is 5.78 Å². The highest BCUT2D eigenvalue weighted by atomic mass is 16.1. The van der Waals surface area contributed by atoms with Crippen LogP contribution in [0.2, 0.25) is 0 Å². The van der Waals surface area contributed by atoms with Gasteiger partial charge in [-0.3, -0.25) is 4.79 Å². The number of hydrogen-bond acceptors (Lipinski definition) is 2. The Hall–Kier alpha value is -0.840. The summed E-state index contributed by atoms with van der Waals surface area (Å²) in [5, 5.41) is 8.56. The fourth-order valence-electron chi connectivity index (χ4n) is 2.37. The third-order valence-corrected chi connectivity index (χ3v) is 3.54. The Morgan fingerprint density at radius 2 is 2.14 bits per heavy atom. The van der Waals surface area contributed by atoms with Crippen molar-refractivity contribution in [2.24, 2.45) is 17.3 Å². The van der Waals surface area contributed by atoms with E-state index < -0.39 is 0 Å². The molecule has 1 aliphatic rings. The second-order valence-corrected chi connectivity index (χ2v) is 5.08. The van der Waals surface area contributed by atoms with Crippen LogP contribution < -0.4 is 0 Å². The van der Waals surface area contributed by atoms with Gasteiger partial charge in [-0.1, -0.05) is 20.8 Å². The largest absolute Gasteiger partial charge is 0.299 e. The standard InChI is InChI=1S/C12H19NO/c1-9-5-6-10(11(9)14)12(2,3)7-4-8-13/h9-10H,4-7H2,1-3H3. The molecule has 0 aromatic carbocycles. The van der Waals surface area contributed by atoms with Crippen molar-refractivity contribution in [3.8, 4) is 6.07 Å². The van der Waals surface area contributed by atoms with Crippen LogP contribution in [0.4, 0.5) is 0 Å². The lowest BCUT2D eigenvalue weighted by Gasteiger charge is -2.29. The highest BCUT2D eigenvalue weighted by molar-refractivity contribution is 5.85. The van der Waals surface area contributed by atoms with Crippen molar-refractivity contribution in [2.75, 3.05) is 0 Å². The van der Waals surface area contributed by atoms with Gasteiger partial charge < -0.3 is 0 Å². The van der Waals surface area contributed by atoms with Gasteiger partial charge in [0.05, 0.1) is 6.07 Å². The van der Waals surface area contributed by atoms with Gasteiger partial charge in [-0.05, 0) is 24.7 Å². The summed E-state index contributed by atoms with van der Waals surface area (Å²) in [6.45, 7) is 6.25. The maximum absolute atomic E-state index is 11.8. The van der Waals surface area contributed by atoms with Crippen molar-refractivity contribution in [2.45, 2.75) is 46.5 Å². The van der Waals surface area contributed by atoms with E-state index in [2.05, 4.69) is 19.9 Å². The van der Waals surface area contributed by atoms with E-state index >= 15 is 0 Å². The smallest absolute Gasteiger partial charge is 0.139 e. The van der Waals surface area contributed by atoms with E-state index in [0.717, 1.165) is 19.3 Å². The van der Waals surface area contributed by atoms with Gasteiger partial charge in [-0.2, -0.15) is 5.26 Å². The molecule has 2 nitrogen and oxygen atoms in total. The maximum Gasteiger partial charge on any atom is 0.139 e. The molecule has 0 radical (unpaired) electrons. The molecule has 1 fully saturated rings. The molecular weight excluding hydrogens is 174 g/mol. The monoisotopic (exact) mass is 193 g/mol. The highest BCUT2D eigenvalue weighted by Crippen LogP contribution is 2.42. The summed E-state index contributed by atoms with van der Waals surface area (Å²) in [7, 11) is 0. The van der Waals surface area contributed by atoms with E-state index in [0.29, 0.717) is 12.2 Å². The van der Waals surface area contributed by atoms with Gasteiger partial charge >= 0.3 is 0 Å². The third kappa shape index (κ3) is 2.15. The van der Waals surface area contributed by atoms with Crippen LogP contribution in [0.1, 0.15) is 46.5 Å². The minimum absolute atomic E-state index is 0.0115. The van der Waals surface area contributed by atoms with E-state index in [1.807, 2.05) is 6.92 Å². The summed E-state index contributed by atoms with van der Waals surface area (Å²) < 4.78 is 0. The first kappa shape index (κ1) is 11.2. The molecule has 2 heteroatoms. The Bertz CT molecular complexity index is 262. The first-order valence-electron chi connectivity index (χ1n) is 5.39. The molecule has 0 bridgehead atoms. The summed E-state index contributed by atoms with van der Waals surface area (Å²) in [4.78, 5) is 11.8. The molecule has 1 saturated carbocycles. The van der Waals surface area contributed by atoms with Gasteiger partial charge in [-0.15, -0.1) is 0 Å². The highest BCUT2D eigenvalue weighted by Gasteiger charge is 2.40. The van der Waals surface area contributed by atoms with E-state index in [9.17, 15) is 4.79 Å². The average Bonchev–Trinajstić information content (AvgIpc) is 2.45. The zero-order chi connectivity index (χ0) is 10.8. The van der Waals surface area contributed by atoms with E-state index in [4.69, 9.17) is 5.26 Å². The Labute approximate surface area is 86.3 Å². The first-order valence-corrected chi connectivity index (χ1v) is 5.39. The predicted octanol–water partition coefficient (Wildman–Crippen LogP) is 2.93. The molecule has 0 N–H and O–H groups in total. The molecule has 0 saturated heterocycles. The molecular formula is C12H19NO. The molecule has 0 amide bonds. The number of carbonyl (C=O) groups is 1. The van der Waals surface area contributed by atoms with E-state index in [-0.39, 0.29) is 17.3 Å². The van der Waals surface area contributed by atoms with Gasteiger partial charge in [0.1, 0.15) is 5.78 Å². The fourth-order valence-corrected chi connectivity index (χ4v) is 2.37. The molecule has 0 heterocycles. The quantitative estimate of drug-likeness (QED) is 0.691. The van der Waals surface area contributed by atoms with E-state index in [1.165, 1.54) is 0 Å². The van der Waals surface area contributed by atoms with Crippen LogP contribution >= 0.6 is 0 Å². The van der Waals surface area contributed by atoms with Crippen LogP contribution in [0.25, 0.3) is 0 Å². The zero-order valence-corrected chi connectivity index (χ0v) is 9.34. The molecule has 2 atom stereocenters. The third-order valence-electron chi connectivity index (χ3n) is 3.54. The predicted molar refractivity (Wildman–Crippen MR) is 55.5 cm³/mol. The average molecular weight is 193 g/mol. The van der Waals surface area contributed by atoms with Crippen LogP contribution in [-0.2, 0) is 4.79 Å². The molecule has 78 valence electrons. The van der Waals surface area contributed by atoms with Gasteiger partial charge in [-0.25, -0.2) is 0 Å². The lowest BCUT2D eigenvalue weighted by molar-refractivity contribution is -0.126. The summed E-state index contributed by atoms with van der Waals surface area (Å²) in [6.07, 6.45) is 3.44. The second kappa shape index (κ2) is 4.13. The topological polar surface area (TPSA) is 40.9 Å². The molecule has 1 rings (SSSR count). The number of nitrogens with zero attached hydrogens (tertiary/aromatic N) is 1. The van der Waals surface area contributed by atoms with Crippen molar-refractivity contribution in [1.29, 1.82) is 5.26 Å². The van der Waals surface area contributed by atoms with Crippen LogP contribution in [-0.4, -0.2) is 5.78 Å². The molecule has 14 heavy (non-hydrogen) atoms. The van der Waals surface area contributed by atoms with Crippen molar-refractivity contribution in [3.05, 3.63) is 0 Å². The number of hydrogen-bond donors (Lipinski definition) is 0. The number of nitriles is 1. The number of ketones is 1. The van der Waals surface area contributed by atoms with Crippen molar-refractivity contribution < 1.29 is 4.79 Å². The number of Topliss-reactive ketones (excluding diaryl/α,β-unsaturated/α-hetero) is 1. The fraction of sp³-hybridized carbons (Fsp3) is 0.833. The maximum atomic E-state index is 11.8. The van der Waals surface area contributed by atoms with Crippen molar-refractivity contribution in [1.82, 2.24) is 0 Å². The first-order chi connectivity index (χ1) is 6.49. The van der Waals surface area contributed by atoms with Crippen LogP contribution in [0.5, 0.6) is 0 Å². The Morgan fingerprint density at radius 1 is 1.50 bits per heavy atom. The molecule has 0 spiro atoms. The number of rotatable bonds is 3. The molecule has 1 aliphatic carbocycles. The molecule has 0 aliphatic heterocycles. The van der Waals surface area contributed by atoms with Crippen molar-refractivity contribution in [3.63, 3.8) is 0 Å². The molecule has 0 aromatic rings. The lowest BCUT2D eigenvalue weighted by atomic mass is 9.74. The zero-order valence-electron chi connectivity index (χ0n) is 9.34. The van der Waals surface area contributed by atoms with Crippen LogP contribution in [0.3, 0.4) is 0 Å². The van der Waals surface area contributed by atoms with Crippen LogP contribution in [0, 0.1) is 28.6 Å². The Balaban J connectivity index is 2.64. The molecule has 2 unspecified atom stereocenters. The number of carbonyl (C=O) groups excluding carboxylic acids is 1. The minimum atomic E-state index is 0.0115. The summed E-state index contributed by atoms with van der Waals surface area (Å²) in [6, 6.07) is 2.16. The van der Waals surface area contributed by atoms with Gasteiger partial charge in [0.15, 0.2) is 0 Å². The summed E-state index contributed by atoms with van der Waals surface area (Å²) in [5.41, 5.74) is 0.0115. The summed E-state index contributed by atoms with van der Waals surface area (Å²) in [5.74, 6) is 0.833. The Morgan fingerprint density at radius 3 is 2.57 bits per heavy atom. The molecule has 0 aromatic heterocycles. The normalized spacial score (nSPS) is 27.7. The Kier molecular flexibility index (Phi) is 3.31. The van der Waals surface area contributed by atoms with Gasteiger partial charge in [0, 0.05) is 18.3 Å². The van der Waals surface area contributed by atoms with Crippen LogP contribution in [0.15, 0.2) is 0 Å².